The molecular formula is C12H25N3O. The highest BCUT2D eigenvalue weighted by Gasteiger charge is 2.24. The van der Waals surface area contributed by atoms with E-state index < -0.39 is 0 Å². The molecule has 0 amide bonds. The second-order valence-electron chi connectivity index (χ2n) is 5.37. The van der Waals surface area contributed by atoms with Crippen LogP contribution in [0.3, 0.4) is 0 Å². The second-order valence-corrected chi connectivity index (χ2v) is 5.37. The zero-order chi connectivity index (χ0) is 12.0. The quantitative estimate of drug-likeness (QED) is 0.334. The van der Waals surface area contributed by atoms with Crippen molar-refractivity contribution in [3.05, 3.63) is 0 Å². The Bertz CT molecular complexity index is 230. The lowest BCUT2D eigenvalue weighted by molar-refractivity contribution is 0.248. The topological polar surface area (TPSA) is 61.8 Å². The molecule has 3 N–H and O–H groups in total. The Labute approximate surface area is 98.5 Å². The zero-order valence-electron chi connectivity index (χ0n) is 10.6. The van der Waals surface area contributed by atoms with E-state index in [0.717, 1.165) is 13.0 Å². The van der Waals surface area contributed by atoms with Crippen LogP contribution in [0.1, 0.15) is 46.0 Å². The van der Waals surface area contributed by atoms with Gasteiger partial charge < -0.3 is 15.8 Å². The summed E-state index contributed by atoms with van der Waals surface area (Å²) in [7, 11) is 0. The maximum Gasteiger partial charge on any atom is 0.144 e. The third-order valence-electron chi connectivity index (χ3n) is 3.55. The first kappa shape index (κ1) is 13.3. The minimum absolute atomic E-state index is 0.207. The van der Waals surface area contributed by atoms with Gasteiger partial charge in [0.1, 0.15) is 5.84 Å². The molecule has 1 saturated heterocycles. The van der Waals surface area contributed by atoms with Crippen molar-refractivity contribution in [2.45, 2.75) is 46.0 Å². The van der Waals surface area contributed by atoms with E-state index in [4.69, 9.17) is 10.9 Å². The van der Waals surface area contributed by atoms with E-state index in [0.29, 0.717) is 5.84 Å². The van der Waals surface area contributed by atoms with E-state index in [1.807, 2.05) is 13.8 Å². The van der Waals surface area contributed by atoms with Gasteiger partial charge in [-0.3, -0.25) is 0 Å². The number of likely N-dealkylation sites (tertiary alicyclic amines) is 1. The van der Waals surface area contributed by atoms with Gasteiger partial charge in [-0.2, -0.15) is 0 Å². The van der Waals surface area contributed by atoms with E-state index >= 15 is 0 Å². The number of nitrogens with zero attached hydrogens (tertiary/aromatic N) is 2. The standard InChI is InChI=1S/C12H25N3O/c1-12(2,11(13)14-16)7-10-15-8-5-3-4-6-9-15/h16H,3-10H2,1-2H3,(H2,13,14). The molecule has 0 saturated carbocycles. The minimum atomic E-state index is -0.207. The zero-order valence-corrected chi connectivity index (χ0v) is 10.6. The van der Waals surface area contributed by atoms with E-state index in [1.165, 1.54) is 38.8 Å². The Morgan fingerprint density at radius 2 is 1.81 bits per heavy atom. The summed E-state index contributed by atoms with van der Waals surface area (Å²) < 4.78 is 0. The summed E-state index contributed by atoms with van der Waals surface area (Å²) in [5.74, 6) is 0.335. The molecule has 16 heavy (non-hydrogen) atoms. The molecule has 0 aromatic heterocycles. The van der Waals surface area contributed by atoms with Crippen molar-refractivity contribution >= 4 is 5.84 Å². The first-order valence-electron chi connectivity index (χ1n) is 6.26. The molecule has 1 rings (SSSR count). The number of oxime groups is 1. The monoisotopic (exact) mass is 227 g/mol. The first-order valence-corrected chi connectivity index (χ1v) is 6.26. The predicted molar refractivity (Wildman–Crippen MR) is 66.7 cm³/mol. The SMILES string of the molecule is CC(C)(CCN1CCCCCC1)C(N)=NO. The van der Waals surface area contributed by atoms with Gasteiger partial charge in [-0.25, -0.2) is 0 Å². The molecule has 0 atom stereocenters. The van der Waals surface area contributed by atoms with Crippen LogP contribution >= 0.6 is 0 Å². The number of rotatable bonds is 4. The van der Waals surface area contributed by atoms with Crippen LogP contribution in [0.15, 0.2) is 5.16 Å². The lowest BCUT2D eigenvalue weighted by Crippen LogP contribution is -2.36. The van der Waals surface area contributed by atoms with Gasteiger partial charge in [0.05, 0.1) is 0 Å². The van der Waals surface area contributed by atoms with Crippen molar-refractivity contribution in [1.29, 1.82) is 0 Å². The summed E-state index contributed by atoms with van der Waals surface area (Å²) in [6.07, 6.45) is 6.29. The number of amidine groups is 1. The van der Waals surface area contributed by atoms with Gasteiger partial charge in [-0.1, -0.05) is 31.8 Å². The smallest absolute Gasteiger partial charge is 0.144 e. The fourth-order valence-electron chi connectivity index (χ4n) is 2.06. The fourth-order valence-corrected chi connectivity index (χ4v) is 2.06. The van der Waals surface area contributed by atoms with Crippen molar-refractivity contribution in [2.75, 3.05) is 19.6 Å². The first-order chi connectivity index (χ1) is 7.56. The Hall–Kier alpha value is -0.770. The average molecular weight is 227 g/mol. The van der Waals surface area contributed by atoms with Gasteiger partial charge in [0.25, 0.3) is 0 Å². The fraction of sp³-hybridized carbons (Fsp3) is 0.917. The maximum atomic E-state index is 8.70. The third-order valence-corrected chi connectivity index (χ3v) is 3.55. The molecule has 0 bridgehead atoms. The maximum absolute atomic E-state index is 8.70. The largest absolute Gasteiger partial charge is 0.409 e. The molecule has 0 unspecified atom stereocenters. The normalized spacial score (nSPS) is 20.8. The van der Waals surface area contributed by atoms with Crippen molar-refractivity contribution in [1.82, 2.24) is 4.90 Å². The number of hydrogen-bond donors (Lipinski definition) is 2. The molecule has 1 heterocycles. The van der Waals surface area contributed by atoms with E-state index in [1.54, 1.807) is 0 Å². The van der Waals surface area contributed by atoms with Gasteiger partial charge in [0, 0.05) is 5.41 Å². The molecule has 94 valence electrons. The Kier molecular flexibility index (Phi) is 5.06. The van der Waals surface area contributed by atoms with Crippen LogP contribution in [-0.4, -0.2) is 35.6 Å². The second kappa shape index (κ2) is 6.09. The van der Waals surface area contributed by atoms with E-state index in [-0.39, 0.29) is 5.41 Å². The van der Waals surface area contributed by atoms with Gasteiger partial charge in [-0.05, 0) is 38.9 Å². The molecule has 1 aliphatic rings. The number of hydrogen-bond acceptors (Lipinski definition) is 3. The predicted octanol–water partition coefficient (Wildman–Crippen LogP) is 2.03. The lowest BCUT2D eigenvalue weighted by atomic mass is 9.88. The van der Waals surface area contributed by atoms with E-state index in [2.05, 4.69) is 10.1 Å². The van der Waals surface area contributed by atoms with Crippen LogP contribution in [0.25, 0.3) is 0 Å². The van der Waals surface area contributed by atoms with Crippen molar-refractivity contribution in [3.8, 4) is 0 Å². The summed E-state index contributed by atoms with van der Waals surface area (Å²) >= 11 is 0. The summed E-state index contributed by atoms with van der Waals surface area (Å²) in [5, 5.41) is 11.8. The molecule has 0 spiro atoms. The lowest BCUT2D eigenvalue weighted by Gasteiger charge is -2.27. The summed E-state index contributed by atoms with van der Waals surface area (Å²) in [6.45, 7) is 7.50. The van der Waals surface area contributed by atoms with Crippen LogP contribution in [0.4, 0.5) is 0 Å². The Morgan fingerprint density at radius 1 is 1.25 bits per heavy atom. The van der Waals surface area contributed by atoms with Gasteiger partial charge in [0.2, 0.25) is 0 Å². The van der Waals surface area contributed by atoms with Crippen LogP contribution in [0, 0.1) is 5.41 Å². The molecule has 0 aromatic carbocycles. The average Bonchev–Trinajstić information content (AvgIpc) is 2.53. The molecule has 1 fully saturated rings. The highest BCUT2D eigenvalue weighted by Crippen LogP contribution is 2.21. The van der Waals surface area contributed by atoms with E-state index in [9.17, 15) is 0 Å². The molecule has 1 aliphatic heterocycles. The van der Waals surface area contributed by atoms with Gasteiger partial charge in [0.15, 0.2) is 0 Å². The third kappa shape index (κ3) is 4.00. The van der Waals surface area contributed by atoms with Gasteiger partial charge in [-0.15, -0.1) is 0 Å². The molecular weight excluding hydrogens is 202 g/mol. The molecule has 0 aliphatic carbocycles. The van der Waals surface area contributed by atoms with Crippen LogP contribution in [0.5, 0.6) is 0 Å². The molecule has 0 aromatic rings. The summed E-state index contributed by atoms with van der Waals surface area (Å²) in [4.78, 5) is 2.50. The van der Waals surface area contributed by atoms with Crippen molar-refractivity contribution in [2.24, 2.45) is 16.3 Å². The molecule has 4 nitrogen and oxygen atoms in total. The highest BCUT2D eigenvalue weighted by atomic mass is 16.4. The molecule has 0 radical (unpaired) electrons. The van der Waals surface area contributed by atoms with Crippen LogP contribution < -0.4 is 5.73 Å². The number of nitrogens with two attached hydrogens (primary N) is 1. The highest BCUT2D eigenvalue weighted by molar-refractivity contribution is 5.85. The van der Waals surface area contributed by atoms with Crippen LogP contribution in [-0.2, 0) is 0 Å². The Morgan fingerprint density at radius 3 is 2.31 bits per heavy atom. The minimum Gasteiger partial charge on any atom is -0.409 e. The summed E-state index contributed by atoms with van der Waals surface area (Å²) in [6, 6.07) is 0. The Balaban J connectivity index is 2.37. The molecule has 4 heteroatoms. The van der Waals surface area contributed by atoms with Gasteiger partial charge >= 0.3 is 0 Å². The van der Waals surface area contributed by atoms with Crippen molar-refractivity contribution in [3.63, 3.8) is 0 Å². The summed E-state index contributed by atoms with van der Waals surface area (Å²) in [5.41, 5.74) is 5.47. The van der Waals surface area contributed by atoms with Crippen LogP contribution in [0.2, 0.25) is 0 Å². The van der Waals surface area contributed by atoms with Crippen molar-refractivity contribution < 1.29 is 5.21 Å².